The van der Waals surface area contributed by atoms with Crippen LogP contribution < -0.4 is 0 Å². The van der Waals surface area contributed by atoms with Crippen molar-refractivity contribution in [3.8, 4) is 135 Å². The lowest BCUT2D eigenvalue weighted by atomic mass is 9.69. The van der Waals surface area contributed by atoms with Crippen LogP contribution in [0.1, 0.15) is 44.5 Å². The van der Waals surface area contributed by atoms with Crippen LogP contribution in [0.5, 0.6) is 0 Å². The molecule has 19 aromatic rings. The summed E-state index contributed by atoms with van der Waals surface area (Å²) in [6, 6.07) is 139. The fourth-order valence-corrected chi connectivity index (χ4v) is 19.1. The van der Waals surface area contributed by atoms with Crippen molar-refractivity contribution in [1.29, 1.82) is 0 Å². The van der Waals surface area contributed by atoms with Crippen molar-refractivity contribution < 1.29 is 0 Å². The van der Waals surface area contributed by atoms with Crippen LogP contribution in [0.2, 0.25) is 0 Å². The molecule has 0 unspecified atom stereocenters. The predicted molar refractivity (Wildman–Crippen MR) is 444 cm³/mol. The summed E-state index contributed by atoms with van der Waals surface area (Å²) < 4.78 is 0. The topological polar surface area (TPSA) is 51.6 Å². The molecule has 108 heavy (non-hydrogen) atoms. The van der Waals surface area contributed by atoms with E-state index < -0.39 is 10.8 Å². The Balaban J connectivity index is 0.623. The molecule has 0 radical (unpaired) electrons. The van der Waals surface area contributed by atoms with Crippen LogP contribution in [0.4, 0.5) is 0 Å². The molecule has 2 heterocycles. The van der Waals surface area contributed by atoms with E-state index in [-0.39, 0.29) is 0 Å². The van der Waals surface area contributed by atoms with Gasteiger partial charge in [0.05, 0.1) is 33.6 Å². The largest absolute Gasteiger partial charge is 0.228 e. The Morgan fingerprint density at radius 2 is 0.509 bits per heavy atom. The van der Waals surface area contributed by atoms with E-state index in [4.69, 9.17) is 19.9 Å². The summed E-state index contributed by atoms with van der Waals surface area (Å²) in [5.41, 5.74) is 33.9. The maximum Gasteiger partial charge on any atom is 0.160 e. The van der Waals surface area contributed by atoms with Gasteiger partial charge in [0.2, 0.25) is 0 Å². The van der Waals surface area contributed by atoms with Gasteiger partial charge < -0.3 is 0 Å². The van der Waals surface area contributed by atoms with Crippen LogP contribution in [0.3, 0.4) is 0 Å². The quantitative estimate of drug-likeness (QED) is 0.152. The summed E-state index contributed by atoms with van der Waals surface area (Å²) in [6.45, 7) is 0. The van der Waals surface area contributed by atoms with Crippen LogP contribution in [-0.2, 0) is 10.8 Å². The van der Waals surface area contributed by atoms with Gasteiger partial charge in [0.25, 0.3) is 0 Å². The normalized spacial score (nSPS) is 13.3. The molecule has 0 amide bonds. The zero-order valence-corrected chi connectivity index (χ0v) is 58.6. The summed E-state index contributed by atoms with van der Waals surface area (Å²) in [5.74, 6) is 1.38. The van der Waals surface area contributed by atoms with Crippen LogP contribution in [0, 0.1) is 0 Å². The minimum absolute atomic E-state index is 0.512. The van der Waals surface area contributed by atoms with Crippen LogP contribution >= 0.6 is 0 Å². The van der Waals surface area contributed by atoms with Crippen molar-refractivity contribution >= 4 is 43.1 Å². The first-order valence-electron chi connectivity index (χ1n) is 37.3. The van der Waals surface area contributed by atoms with Crippen LogP contribution in [-0.4, -0.2) is 19.9 Å². The molecule has 0 N–H and O–H groups in total. The van der Waals surface area contributed by atoms with Crippen molar-refractivity contribution in [3.05, 3.63) is 421 Å². The van der Waals surface area contributed by atoms with Crippen molar-refractivity contribution in [2.75, 3.05) is 0 Å². The smallest absolute Gasteiger partial charge is 0.160 e. The van der Waals surface area contributed by atoms with E-state index in [2.05, 4.69) is 352 Å². The summed E-state index contributed by atoms with van der Waals surface area (Å²) in [4.78, 5) is 21.2. The van der Waals surface area contributed by atoms with Crippen molar-refractivity contribution in [2.24, 2.45) is 0 Å². The molecule has 23 rings (SSSR count). The summed E-state index contributed by atoms with van der Waals surface area (Å²) in [6.07, 6.45) is 0. The molecule has 0 aliphatic heterocycles. The van der Waals surface area contributed by atoms with Gasteiger partial charge in [-0.1, -0.05) is 315 Å². The third-order valence-electron chi connectivity index (χ3n) is 23.8. The highest BCUT2D eigenvalue weighted by Crippen LogP contribution is 2.67. The molecule has 2 aromatic heterocycles. The van der Waals surface area contributed by atoms with Crippen molar-refractivity contribution in [2.45, 2.75) is 10.8 Å². The highest BCUT2D eigenvalue weighted by molar-refractivity contribution is 6.09. The monoisotopic (exact) mass is 1370 g/mol. The summed E-state index contributed by atoms with van der Waals surface area (Å²) >= 11 is 0. The fraction of sp³-hybridized carbons (Fsp3) is 0.0192. The molecule has 0 fully saturated rings. The van der Waals surface area contributed by atoms with Crippen LogP contribution in [0.15, 0.2) is 376 Å². The molecule has 0 atom stereocenters. The lowest BCUT2D eigenvalue weighted by molar-refractivity contribution is 0.802. The molecular formula is C104H62N4. The maximum absolute atomic E-state index is 5.56. The first-order valence-corrected chi connectivity index (χ1v) is 37.3. The molecule has 4 aliphatic rings. The van der Waals surface area contributed by atoms with Gasteiger partial charge in [0.15, 0.2) is 11.6 Å². The molecule has 2 spiro atoms. The molecule has 4 heteroatoms. The zero-order chi connectivity index (χ0) is 70.8. The minimum Gasteiger partial charge on any atom is -0.228 e. The Kier molecular flexibility index (Phi) is 13.0. The van der Waals surface area contributed by atoms with Crippen molar-refractivity contribution in [1.82, 2.24) is 19.9 Å². The van der Waals surface area contributed by atoms with Gasteiger partial charge in [0, 0.05) is 33.4 Å². The Morgan fingerprint density at radius 1 is 0.157 bits per heavy atom. The van der Waals surface area contributed by atoms with E-state index in [1.165, 1.54) is 127 Å². The van der Waals surface area contributed by atoms with E-state index in [1.807, 2.05) is 24.3 Å². The molecule has 498 valence electrons. The molecule has 4 aliphatic carbocycles. The molecule has 4 nitrogen and oxygen atoms in total. The molecule has 17 aromatic carbocycles. The SMILES string of the molecule is c1ccc(-c2cc(-c3ccc(-c4ccc5cc6c(cc5c4)C4(c5ccccc5-c5ccccc54)c4c-6ccc5cc(-c6cccc(-c7cc(-c8ccccc8)nc(-c8ccc9cc%10c(cc9c8)C8(c9ccccc9-c9ccccc98)c8c-%10ccc9ccccc89)n7)c6)ccc45)cc3)nc(-c3ccccc3)n2)cc1. The number of benzene rings is 17. The second-order valence-electron chi connectivity index (χ2n) is 29.4. The summed E-state index contributed by atoms with van der Waals surface area (Å²) in [5, 5.41) is 9.71. The molecular weight excluding hydrogens is 1310 g/mol. The van der Waals surface area contributed by atoms with E-state index in [0.29, 0.717) is 11.6 Å². The Hall–Kier alpha value is -14.1. The highest BCUT2D eigenvalue weighted by atomic mass is 14.9. The third kappa shape index (κ3) is 8.80. The van der Waals surface area contributed by atoms with Gasteiger partial charge in [0.1, 0.15) is 0 Å². The number of rotatable bonds is 8. The predicted octanol–water partition coefficient (Wildman–Crippen LogP) is 25.9. The number of fused-ring (bicyclic) bond motifs is 26. The van der Waals surface area contributed by atoms with Gasteiger partial charge in [-0.05, 0) is 215 Å². The lowest BCUT2D eigenvalue weighted by Crippen LogP contribution is -2.26. The Morgan fingerprint density at radius 3 is 1.06 bits per heavy atom. The van der Waals surface area contributed by atoms with Gasteiger partial charge in [-0.25, -0.2) is 19.9 Å². The lowest BCUT2D eigenvalue weighted by Gasteiger charge is -2.31. The Labute approximate surface area is 625 Å². The number of hydrogen-bond acceptors (Lipinski definition) is 4. The van der Waals surface area contributed by atoms with Gasteiger partial charge in [-0.2, -0.15) is 0 Å². The van der Waals surface area contributed by atoms with Gasteiger partial charge in [-0.3, -0.25) is 0 Å². The second kappa shape index (κ2) is 23.2. The minimum atomic E-state index is -0.580. The number of hydrogen-bond donors (Lipinski definition) is 0. The third-order valence-corrected chi connectivity index (χ3v) is 23.8. The molecule has 0 bridgehead atoms. The van der Waals surface area contributed by atoms with Crippen LogP contribution in [0.25, 0.3) is 178 Å². The molecule has 0 saturated heterocycles. The van der Waals surface area contributed by atoms with E-state index in [1.54, 1.807) is 0 Å². The van der Waals surface area contributed by atoms with Gasteiger partial charge >= 0.3 is 0 Å². The standard InChI is InChI=1S/C104H62N4/c1-4-22-65(23-5-1)95-61-97(106-101(105-95)68-26-8-3-9-27-68)67-41-39-63(40-42-67)70-43-44-72-57-88-86-52-49-74-53-71(48-50-80(74)100(86)104(93(88)59-77(72)55-70)91-37-18-14-33-83(91)84-34-15-19-38-92(84)104)69-28-20-29-75(54-69)98-62-96(66-24-6-2-7-25-66)107-102(108-98)76-46-45-73-58-87-85-51-47-64-21-10-11-30-79(64)99(85)103(94(87)60-78(73)56-76)89-35-16-12-31-81(89)82-32-13-17-36-90(82)103/h1-62H. The average Bonchev–Trinajstić information content (AvgIpc) is 1.51. The highest BCUT2D eigenvalue weighted by Gasteiger charge is 2.54. The average molecular weight is 1370 g/mol. The summed E-state index contributed by atoms with van der Waals surface area (Å²) in [7, 11) is 0. The number of aromatic nitrogens is 4. The first-order chi connectivity index (χ1) is 53.5. The maximum atomic E-state index is 5.56. The number of nitrogens with zero attached hydrogens (tertiary/aromatic N) is 4. The molecule has 0 saturated carbocycles. The fourth-order valence-electron chi connectivity index (χ4n) is 19.1. The second-order valence-corrected chi connectivity index (χ2v) is 29.4. The zero-order valence-electron chi connectivity index (χ0n) is 58.6. The first kappa shape index (κ1) is 60.4. The van der Waals surface area contributed by atoms with Gasteiger partial charge in [-0.15, -0.1) is 0 Å². The van der Waals surface area contributed by atoms with E-state index >= 15 is 0 Å². The Bertz CT molecular complexity index is 6890. The van der Waals surface area contributed by atoms with Crippen molar-refractivity contribution in [3.63, 3.8) is 0 Å². The van der Waals surface area contributed by atoms with E-state index in [0.717, 1.165) is 83.8 Å². The van der Waals surface area contributed by atoms with E-state index in [9.17, 15) is 0 Å².